The van der Waals surface area contributed by atoms with Crippen LogP contribution in [0.3, 0.4) is 0 Å². The second-order valence-electron chi connectivity index (χ2n) is 7.47. The van der Waals surface area contributed by atoms with Gasteiger partial charge < -0.3 is 10.2 Å². The van der Waals surface area contributed by atoms with Crippen LogP contribution < -0.4 is 5.32 Å². The maximum atomic E-state index is 12.9. The van der Waals surface area contributed by atoms with Crippen molar-refractivity contribution in [1.29, 1.82) is 0 Å². The largest absolute Gasteiger partial charge is 0.348 e. The summed E-state index contributed by atoms with van der Waals surface area (Å²) in [6.45, 7) is 0.407. The Balaban J connectivity index is 1.52. The van der Waals surface area contributed by atoms with E-state index in [9.17, 15) is 9.59 Å². The van der Waals surface area contributed by atoms with E-state index < -0.39 is 0 Å². The zero-order valence-electron chi connectivity index (χ0n) is 16.1. The molecule has 3 aromatic rings. The van der Waals surface area contributed by atoms with Crippen molar-refractivity contribution < 1.29 is 9.59 Å². The van der Waals surface area contributed by atoms with Gasteiger partial charge in [0.25, 0.3) is 11.8 Å². The maximum absolute atomic E-state index is 12.9. The Morgan fingerprint density at radius 1 is 1.07 bits per heavy atom. The first-order valence-corrected chi connectivity index (χ1v) is 9.51. The van der Waals surface area contributed by atoms with Crippen molar-refractivity contribution in [3.8, 4) is 0 Å². The molecule has 0 spiro atoms. The number of pyridine rings is 1. The Morgan fingerprint density at radius 2 is 1.79 bits per heavy atom. The number of hydrogen-bond donors (Lipinski definition) is 1. The maximum Gasteiger partial charge on any atom is 0.253 e. The van der Waals surface area contributed by atoms with Crippen LogP contribution in [0.25, 0.3) is 10.9 Å². The SMILES string of the molecule is CN(C)C(=O)c1ccc(CNC(=O)c2cc(C3CC3)nc3ccccc23)cc1. The van der Waals surface area contributed by atoms with Crippen molar-refractivity contribution in [1.82, 2.24) is 15.2 Å². The number of amides is 2. The van der Waals surface area contributed by atoms with Crippen LogP contribution in [-0.4, -0.2) is 35.8 Å². The molecule has 2 amide bonds. The molecule has 1 heterocycles. The van der Waals surface area contributed by atoms with Crippen molar-refractivity contribution in [2.24, 2.45) is 0 Å². The molecule has 5 nitrogen and oxygen atoms in total. The summed E-state index contributed by atoms with van der Waals surface area (Å²) < 4.78 is 0. The van der Waals surface area contributed by atoms with E-state index in [4.69, 9.17) is 4.98 Å². The molecule has 28 heavy (non-hydrogen) atoms. The van der Waals surface area contributed by atoms with Crippen LogP contribution in [0.1, 0.15) is 50.7 Å². The number of aromatic nitrogens is 1. The number of nitrogens with one attached hydrogen (secondary N) is 1. The van der Waals surface area contributed by atoms with Crippen molar-refractivity contribution in [3.63, 3.8) is 0 Å². The molecule has 0 radical (unpaired) electrons. The average Bonchev–Trinajstić information content (AvgIpc) is 3.56. The molecule has 2 aromatic carbocycles. The van der Waals surface area contributed by atoms with Crippen LogP contribution in [0.5, 0.6) is 0 Å². The first-order chi connectivity index (χ1) is 13.5. The molecule has 0 bridgehead atoms. The fourth-order valence-corrected chi connectivity index (χ4v) is 3.27. The lowest BCUT2D eigenvalue weighted by atomic mass is 10.0. The molecular formula is C23H23N3O2. The summed E-state index contributed by atoms with van der Waals surface area (Å²) in [4.78, 5) is 31.1. The van der Waals surface area contributed by atoms with E-state index in [0.29, 0.717) is 23.6 Å². The average molecular weight is 373 g/mol. The minimum atomic E-state index is -0.103. The van der Waals surface area contributed by atoms with Crippen molar-refractivity contribution in [2.75, 3.05) is 14.1 Å². The lowest BCUT2D eigenvalue weighted by Gasteiger charge is -2.12. The highest BCUT2D eigenvalue weighted by Gasteiger charge is 2.26. The highest BCUT2D eigenvalue weighted by atomic mass is 16.2. The lowest BCUT2D eigenvalue weighted by Crippen LogP contribution is -2.24. The van der Waals surface area contributed by atoms with Gasteiger partial charge in [-0.15, -0.1) is 0 Å². The van der Waals surface area contributed by atoms with Gasteiger partial charge in [-0.2, -0.15) is 0 Å². The minimum absolute atomic E-state index is 0.0357. The van der Waals surface area contributed by atoms with E-state index >= 15 is 0 Å². The quantitative estimate of drug-likeness (QED) is 0.741. The van der Waals surface area contributed by atoms with E-state index in [1.807, 2.05) is 42.5 Å². The second kappa shape index (κ2) is 7.43. The molecule has 1 fully saturated rings. The second-order valence-corrected chi connectivity index (χ2v) is 7.47. The smallest absolute Gasteiger partial charge is 0.253 e. The number of nitrogens with zero attached hydrogens (tertiary/aromatic N) is 2. The first kappa shape index (κ1) is 18.2. The number of benzene rings is 2. The van der Waals surface area contributed by atoms with Gasteiger partial charge in [-0.25, -0.2) is 0 Å². The Kier molecular flexibility index (Phi) is 4.82. The Morgan fingerprint density at radius 3 is 2.46 bits per heavy atom. The van der Waals surface area contributed by atoms with E-state index in [1.165, 1.54) is 0 Å². The summed E-state index contributed by atoms with van der Waals surface area (Å²) in [5.74, 6) is 0.346. The summed E-state index contributed by atoms with van der Waals surface area (Å²) in [6, 6.07) is 17.0. The van der Waals surface area contributed by atoms with Crippen molar-refractivity contribution in [3.05, 3.63) is 77.0 Å². The van der Waals surface area contributed by atoms with Gasteiger partial charge in [0, 0.05) is 43.2 Å². The molecule has 4 rings (SSSR count). The summed E-state index contributed by atoms with van der Waals surface area (Å²) >= 11 is 0. The normalized spacial score (nSPS) is 13.4. The Labute approximate surface area is 164 Å². The summed E-state index contributed by atoms with van der Waals surface area (Å²) in [6.07, 6.45) is 2.29. The number of fused-ring (bicyclic) bond motifs is 1. The summed E-state index contributed by atoms with van der Waals surface area (Å²) in [5, 5.41) is 3.87. The third-order valence-electron chi connectivity index (χ3n) is 5.04. The number of para-hydroxylation sites is 1. The Bertz CT molecular complexity index is 1040. The van der Waals surface area contributed by atoms with Crippen molar-refractivity contribution in [2.45, 2.75) is 25.3 Å². The van der Waals surface area contributed by atoms with Crippen LogP contribution in [0.15, 0.2) is 54.6 Å². The molecule has 1 aliphatic carbocycles. The summed E-state index contributed by atoms with van der Waals surface area (Å²) in [5.41, 5.74) is 4.13. The van der Waals surface area contributed by atoms with Gasteiger partial charge in [-0.05, 0) is 42.7 Å². The van der Waals surface area contributed by atoms with Crippen LogP contribution in [-0.2, 0) is 6.54 Å². The van der Waals surface area contributed by atoms with E-state index in [0.717, 1.165) is 35.0 Å². The molecule has 0 saturated heterocycles. The fourth-order valence-electron chi connectivity index (χ4n) is 3.27. The van der Waals surface area contributed by atoms with Gasteiger partial charge in [0.1, 0.15) is 0 Å². The van der Waals surface area contributed by atoms with Crippen LogP contribution >= 0.6 is 0 Å². The summed E-state index contributed by atoms with van der Waals surface area (Å²) in [7, 11) is 3.46. The van der Waals surface area contributed by atoms with Gasteiger partial charge >= 0.3 is 0 Å². The number of carbonyl (C=O) groups excluding carboxylic acids is 2. The molecule has 1 aromatic heterocycles. The predicted molar refractivity (Wildman–Crippen MR) is 109 cm³/mol. The number of hydrogen-bond acceptors (Lipinski definition) is 3. The van der Waals surface area contributed by atoms with E-state index in [2.05, 4.69) is 5.32 Å². The standard InChI is InChI=1S/C23H23N3O2/c1-26(2)23(28)17-9-7-15(8-10-17)14-24-22(27)19-13-21(16-11-12-16)25-20-6-4-3-5-18(19)20/h3-10,13,16H,11-12,14H2,1-2H3,(H,24,27). The van der Waals surface area contributed by atoms with Crippen LogP contribution in [0, 0.1) is 0 Å². The zero-order chi connectivity index (χ0) is 19.7. The lowest BCUT2D eigenvalue weighted by molar-refractivity contribution is 0.0827. The zero-order valence-corrected chi connectivity index (χ0v) is 16.1. The van der Waals surface area contributed by atoms with Crippen LogP contribution in [0.2, 0.25) is 0 Å². The monoisotopic (exact) mass is 373 g/mol. The van der Waals surface area contributed by atoms with Gasteiger partial charge in [-0.3, -0.25) is 14.6 Å². The Hall–Kier alpha value is -3.21. The molecule has 1 aliphatic rings. The fraction of sp³-hybridized carbons (Fsp3) is 0.261. The first-order valence-electron chi connectivity index (χ1n) is 9.51. The predicted octanol–water partition coefficient (Wildman–Crippen LogP) is 3.74. The topological polar surface area (TPSA) is 62.3 Å². The van der Waals surface area contributed by atoms with E-state index in [1.54, 1.807) is 31.1 Å². The van der Waals surface area contributed by atoms with E-state index in [-0.39, 0.29) is 11.8 Å². The van der Waals surface area contributed by atoms with Gasteiger partial charge in [0.2, 0.25) is 0 Å². The molecule has 5 heteroatoms. The van der Waals surface area contributed by atoms with Crippen molar-refractivity contribution >= 4 is 22.7 Å². The third-order valence-corrected chi connectivity index (χ3v) is 5.04. The van der Waals surface area contributed by atoms with Crippen LogP contribution in [0.4, 0.5) is 0 Å². The molecule has 0 unspecified atom stereocenters. The molecule has 1 saturated carbocycles. The third kappa shape index (κ3) is 3.74. The van der Waals surface area contributed by atoms with Gasteiger partial charge in [0.05, 0.1) is 11.1 Å². The minimum Gasteiger partial charge on any atom is -0.348 e. The highest BCUT2D eigenvalue weighted by Crippen LogP contribution is 2.40. The van der Waals surface area contributed by atoms with Gasteiger partial charge in [0.15, 0.2) is 0 Å². The molecular weight excluding hydrogens is 350 g/mol. The highest BCUT2D eigenvalue weighted by molar-refractivity contribution is 6.06. The number of rotatable bonds is 5. The van der Waals surface area contributed by atoms with Gasteiger partial charge in [-0.1, -0.05) is 30.3 Å². The molecule has 0 atom stereocenters. The molecule has 142 valence electrons. The number of carbonyl (C=O) groups is 2. The molecule has 1 N–H and O–H groups in total. The molecule has 0 aliphatic heterocycles.